The van der Waals surface area contributed by atoms with E-state index in [1.807, 2.05) is 17.0 Å². The summed E-state index contributed by atoms with van der Waals surface area (Å²) in [6.45, 7) is 15.9. The normalized spacial score (nSPS) is 15.2. The maximum atomic E-state index is 13.7. The van der Waals surface area contributed by atoms with Gasteiger partial charge in [0.25, 0.3) is 5.91 Å². The lowest BCUT2D eigenvalue weighted by molar-refractivity contribution is 0.0376. The second-order valence-electron chi connectivity index (χ2n) is 10.0. The molecular weight excluding hydrogens is 430 g/mol. The minimum atomic E-state index is 0.0193. The van der Waals surface area contributed by atoms with Crippen LogP contribution in [0.4, 0.5) is 5.13 Å². The molecule has 0 N–H and O–H groups in total. The number of anilines is 1. The van der Waals surface area contributed by atoms with E-state index < -0.39 is 0 Å². The molecule has 2 heterocycles. The highest BCUT2D eigenvalue weighted by Gasteiger charge is 2.23. The van der Waals surface area contributed by atoms with E-state index in [4.69, 9.17) is 9.72 Å². The molecule has 1 fully saturated rings. The molecule has 0 unspecified atom stereocenters. The van der Waals surface area contributed by atoms with Crippen LogP contribution in [0.3, 0.4) is 0 Å². The summed E-state index contributed by atoms with van der Waals surface area (Å²) in [5.74, 6) is 0.0193. The Morgan fingerprint density at radius 3 is 2.48 bits per heavy atom. The summed E-state index contributed by atoms with van der Waals surface area (Å²) in [4.78, 5) is 22.9. The predicted octanol–water partition coefficient (Wildman–Crippen LogP) is 5.58. The molecule has 0 radical (unpaired) electrons. The fourth-order valence-corrected chi connectivity index (χ4v) is 5.47. The topological polar surface area (TPSA) is 45.7 Å². The lowest BCUT2D eigenvalue weighted by Crippen LogP contribution is -2.39. The van der Waals surface area contributed by atoms with Crippen molar-refractivity contribution in [2.24, 2.45) is 0 Å². The standard InChI is InChI=1S/C27H35N3O2S/c1-19-17-20(2)24-23(18-19)33-26(28-24)30(12-6-11-29-13-15-32-16-14-29)25(31)21-7-9-22(10-8-21)27(3,4)5/h7-10,17-18H,6,11-16H2,1-5H3. The summed E-state index contributed by atoms with van der Waals surface area (Å²) in [6, 6.07) is 12.4. The Hall–Kier alpha value is -2.28. The summed E-state index contributed by atoms with van der Waals surface area (Å²) < 4.78 is 6.60. The lowest BCUT2D eigenvalue weighted by atomic mass is 9.86. The third-order valence-corrected chi connectivity index (χ3v) is 7.28. The van der Waals surface area contributed by atoms with Gasteiger partial charge in [-0.15, -0.1) is 0 Å². The summed E-state index contributed by atoms with van der Waals surface area (Å²) in [5.41, 5.74) is 5.36. The van der Waals surface area contributed by atoms with E-state index in [2.05, 4.69) is 63.8 Å². The number of carbonyl (C=O) groups excluding carboxylic acids is 1. The number of nitrogens with zero attached hydrogens (tertiary/aromatic N) is 3. The van der Waals surface area contributed by atoms with Crippen molar-refractivity contribution in [2.75, 3.05) is 44.3 Å². The van der Waals surface area contributed by atoms with Crippen molar-refractivity contribution in [3.05, 3.63) is 58.7 Å². The molecule has 0 atom stereocenters. The van der Waals surface area contributed by atoms with Crippen molar-refractivity contribution in [3.8, 4) is 0 Å². The fraction of sp³-hybridized carbons (Fsp3) is 0.481. The minimum absolute atomic E-state index is 0.0193. The van der Waals surface area contributed by atoms with E-state index in [9.17, 15) is 4.79 Å². The number of morpholine rings is 1. The van der Waals surface area contributed by atoms with Crippen molar-refractivity contribution in [2.45, 2.75) is 46.5 Å². The number of hydrogen-bond donors (Lipinski definition) is 0. The number of ether oxygens (including phenoxy) is 1. The zero-order valence-electron chi connectivity index (χ0n) is 20.5. The van der Waals surface area contributed by atoms with Gasteiger partial charge in [0, 0.05) is 31.7 Å². The summed E-state index contributed by atoms with van der Waals surface area (Å²) in [6.07, 6.45) is 0.903. The molecule has 1 amide bonds. The Kier molecular flexibility index (Phi) is 7.17. The molecule has 0 spiro atoms. The first-order chi connectivity index (χ1) is 15.7. The molecule has 0 saturated carbocycles. The summed E-state index contributed by atoms with van der Waals surface area (Å²) in [7, 11) is 0. The molecule has 0 aliphatic carbocycles. The SMILES string of the molecule is Cc1cc(C)c2nc(N(CCCN3CCOCC3)C(=O)c3ccc(C(C)(C)C)cc3)sc2c1. The quantitative estimate of drug-likeness (QED) is 0.477. The Morgan fingerprint density at radius 2 is 1.82 bits per heavy atom. The average Bonchev–Trinajstić information content (AvgIpc) is 3.20. The number of fused-ring (bicyclic) bond motifs is 1. The molecule has 33 heavy (non-hydrogen) atoms. The number of thiazole rings is 1. The molecule has 176 valence electrons. The van der Waals surface area contributed by atoms with Crippen molar-refractivity contribution in [3.63, 3.8) is 0 Å². The molecule has 1 aliphatic rings. The number of aryl methyl sites for hydroxylation is 2. The first-order valence-electron chi connectivity index (χ1n) is 11.8. The van der Waals surface area contributed by atoms with Gasteiger partial charge in [-0.1, -0.05) is 50.3 Å². The van der Waals surface area contributed by atoms with Crippen LogP contribution >= 0.6 is 11.3 Å². The minimum Gasteiger partial charge on any atom is -0.379 e. The van der Waals surface area contributed by atoms with E-state index in [-0.39, 0.29) is 11.3 Å². The summed E-state index contributed by atoms with van der Waals surface area (Å²) in [5, 5.41) is 0.783. The van der Waals surface area contributed by atoms with Gasteiger partial charge in [0.05, 0.1) is 23.4 Å². The number of hydrogen-bond acceptors (Lipinski definition) is 5. The highest BCUT2D eigenvalue weighted by atomic mass is 32.1. The van der Waals surface area contributed by atoms with Gasteiger partial charge < -0.3 is 4.74 Å². The van der Waals surface area contributed by atoms with Crippen LogP contribution < -0.4 is 4.90 Å². The molecular formula is C27H35N3O2S. The van der Waals surface area contributed by atoms with Crippen LogP contribution in [0.1, 0.15) is 54.2 Å². The first-order valence-corrected chi connectivity index (χ1v) is 12.6. The smallest absolute Gasteiger partial charge is 0.260 e. The average molecular weight is 466 g/mol. The number of amides is 1. The zero-order valence-corrected chi connectivity index (χ0v) is 21.3. The Labute approximate surface area is 201 Å². The third kappa shape index (κ3) is 5.62. The molecule has 5 nitrogen and oxygen atoms in total. The van der Waals surface area contributed by atoms with Crippen molar-refractivity contribution < 1.29 is 9.53 Å². The number of carbonyl (C=O) groups is 1. The van der Waals surface area contributed by atoms with Crippen LogP contribution in [0.2, 0.25) is 0 Å². The van der Waals surface area contributed by atoms with Gasteiger partial charge in [0.1, 0.15) is 0 Å². The largest absolute Gasteiger partial charge is 0.379 e. The van der Waals surface area contributed by atoms with Gasteiger partial charge in [-0.2, -0.15) is 0 Å². The summed E-state index contributed by atoms with van der Waals surface area (Å²) >= 11 is 1.61. The second-order valence-corrected chi connectivity index (χ2v) is 11.0. The van der Waals surface area contributed by atoms with Gasteiger partial charge >= 0.3 is 0 Å². The fourth-order valence-electron chi connectivity index (χ4n) is 4.30. The molecule has 4 rings (SSSR count). The number of benzene rings is 2. The lowest BCUT2D eigenvalue weighted by Gasteiger charge is -2.28. The molecule has 1 saturated heterocycles. The highest BCUT2D eigenvalue weighted by Crippen LogP contribution is 2.33. The molecule has 1 aliphatic heterocycles. The van der Waals surface area contributed by atoms with Gasteiger partial charge in [0.15, 0.2) is 5.13 Å². The molecule has 6 heteroatoms. The van der Waals surface area contributed by atoms with E-state index in [1.165, 1.54) is 11.1 Å². The van der Waals surface area contributed by atoms with E-state index >= 15 is 0 Å². The number of aromatic nitrogens is 1. The van der Waals surface area contributed by atoms with Crippen LogP contribution in [0, 0.1) is 13.8 Å². The Morgan fingerprint density at radius 1 is 1.12 bits per heavy atom. The van der Waals surface area contributed by atoms with Gasteiger partial charge in [0.2, 0.25) is 0 Å². The molecule has 3 aromatic rings. The van der Waals surface area contributed by atoms with Crippen LogP contribution in [0.15, 0.2) is 36.4 Å². The predicted molar refractivity (Wildman–Crippen MR) is 138 cm³/mol. The molecule has 1 aromatic heterocycles. The van der Waals surface area contributed by atoms with Gasteiger partial charge in [-0.05, 0) is 60.6 Å². The first kappa shape index (κ1) is 23.9. The Bertz CT molecular complexity index is 1110. The maximum absolute atomic E-state index is 13.7. The van der Waals surface area contributed by atoms with Crippen LogP contribution in [-0.4, -0.2) is 55.2 Å². The van der Waals surface area contributed by atoms with Gasteiger partial charge in [-0.25, -0.2) is 4.98 Å². The molecule has 2 aromatic carbocycles. The zero-order chi connectivity index (χ0) is 23.6. The van der Waals surface area contributed by atoms with Crippen molar-refractivity contribution in [1.82, 2.24) is 9.88 Å². The highest BCUT2D eigenvalue weighted by molar-refractivity contribution is 7.22. The monoisotopic (exact) mass is 465 g/mol. The van der Waals surface area contributed by atoms with Crippen LogP contribution in [-0.2, 0) is 10.2 Å². The Balaban J connectivity index is 1.60. The third-order valence-electron chi connectivity index (χ3n) is 6.25. The number of rotatable bonds is 6. The van der Waals surface area contributed by atoms with E-state index in [0.717, 1.165) is 60.2 Å². The second kappa shape index (κ2) is 9.92. The van der Waals surface area contributed by atoms with Crippen molar-refractivity contribution >= 4 is 32.6 Å². The van der Waals surface area contributed by atoms with E-state index in [0.29, 0.717) is 12.1 Å². The van der Waals surface area contributed by atoms with E-state index in [1.54, 1.807) is 11.3 Å². The van der Waals surface area contributed by atoms with Crippen molar-refractivity contribution in [1.29, 1.82) is 0 Å². The maximum Gasteiger partial charge on any atom is 0.260 e. The van der Waals surface area contributed by atoms with Gasteiger partial charge in [-0.3, -0.25) is 14.6 Å². The van der Waals surface area contributed by atoms with Crippen LogP contribution in [0.25, 0.3) is 10.2 Å². The van der Waals surface area contributed by atoms with Crippen LogP contribution in [0.5, 0.6) is 0 Å². The molecule has 0 bridgehead atoms.